The van der Waals surface area contributed by atoms with Crippen molar-refractivity contribution < 1.29 is 9.18 Å². The number of amides is 1. The molecular formula is C18H16FN3O. The van der Waals surface area contributed by atoms with Gasteiger partial charge in [0.1, 0.15) is 11.5 Å². The van der Waals surface area contributed by atoms with Crippen LogP contribution >= 0.6 is 0 Å². The minimum Gasteiger partial charge on any atom is -0.347 e. The Labute approximate surface area is 133 Å². The first-order valence-corrected chi connectivity index (χ1v) is 7.23. The van der Waals surface area contributed by atoms with Gasteiger partial charge in [0.05, 0.1) is 0 Å². The maximum Gasteiger partial charge on any atom is 0.268 e. The van der Waals surface area contributed by atoms with Gasteiger partial charge in [-0.1, -0.05) is 18.2 Å². The molecule has 0 fully saturated rings. The predicted octanol–water partition coefficient (Wildman–Crippen LogP) is 3.16. The number of aryl methyl sites for hydroxylation is 1. The second kappa shape index (κ2) is 6.44. The molecule has 5 heteroatoms. The molecule has 0 aliphatic rings. The van der Waals surface area contributed by atoms with E-state index in [9.17, 15) is 9.18 Å². The van der Waals surface area contributed by atoms with E-state index in [-0.39, 0.29) is 18.3 Å². The third-order valence-electron chi connectivity index (χ3n) is 3.65. The Hall–Kier alpha value is -2.95. The van der Waals surface area contributed by atoms with Gasteiger partial charge in [-0.05, 0) is 29.8 Å². The summed E-state index contributed by atoms with van der Waals surface area (Å²) >= 11 is 0. The molecule has 3 aromatic rings. The van der Waals surface area contributed by atoms with E-state index >= 15 is 0 Å². The van der Waals surface area contributed by atoms with Crippen molar-refractivity contribution in [3.05, 3.63) is 78.1 Å². The Bertz CT molecular complexity index is 827. The molecule has 3 rings (SSSR count). The van der Waals surface area contributed by atoms with Gasteiger partial charge in [0.2, 0.25) is 0 Å². The molecule has 2 aromatic heterocycles. The number of aromatic nitrogens is 2. The summed E-state index contributed by atoms with van der Waals surface area (Å²) in [6.07, 6.45) is 5.30. The fourth-order valence-electron chi connectivity index (χ4n) is 2.40. The van der Waals surface area contributed by atoms with Crippen LogP contribution in [0.5, 0.6) is 0 Å². The number of benzene rings is 1. The van der Waals surface area contributed by atoms with Crippen LogP contribution in [-0.4, -0.2) is 15.5 Å². The lowest BCUT2D eigenvalue weighted by atomic mass is 10.1. The normalized spacial score (nSPS) is 10.5. The molecule has 0 saturated carbocycles. The summed E-state index contributed by atoms with van der Waals surface area (Å²) in [5.41, 5.74) is 2.91. The average Bonchev–Trinajstić information content (AvgIpc) is 2.97. The number of halogens is 1. The quantitative estimate of drug-likeness (QED) is 0.805. The summed E-state index contributed by atoms with van der Waals surface area (Å²) in [5.74, 6) is -0.562. The maximum absolute atomic E-state index is 13.6. The van der Waals surface area contributed by atoms with Gasteiger partial charge in [-0.15, -0.1) is 0 Å². The van der Waals surface area contributed by atoms with Crippen molar-refractivity contribution >= 4 is 5.91 Å². The highest BCUT2D eigenvalue weighted by Crippen LogP contribution is 2.21. The standard InChI is InChI=1S/C18H16FN3O/c1-22-12-15(13-6-8-20-9-7-13)10-17(22)18(23)21-11-14-4-2-3-5-16(14)19/h2-10,12H,11H2,1H3,(H,21,23). The van der Waals surface area contributed by atoms with Crippen LogP contribution in [0.2, 0.25) is 0 Å². The Kier molecular flexibility index (Phi) is 4.19. The fraction of sp³-hybridized carbons (Fsp3) is 0.111. The first kappa shape index (κ1) is 15.0. The first-order chi connectivity index (χ1) is 11.1. The van der Waals surface area contributed by atoms with Crippen LogP contribution in [0, 0.1) is 5.82 Å². The van der Waals surface area contributed by atoms with Gasteiger partial charge in [-0.3, -0.25) is 9.78 Å². The fourth-order valence-corrected chi connectivity index (χ4v) is 2.40. The monoisotopic (exact) mass is 309 g/mol. The molecule has 0 aliphatic heterocycles. The smallest absolute Gasteiger partial charge is 0.268 e. The molecule has 0 unspecified atom stereocenters. The predicted molar refractivity (Wildman–Crippen MR) is 86.2 cm³/mol. The van der Waals surface area contributed by atoms with E-state index in [2.05, 4.69) is 10.3 Å². The molecule has 4 nitrogen and oxygen atoms in total. The van der Waals surface area contributed by atoms with Gasteiger partial charge in [-0.2, -0.15) is 0 Å². The molecule has 1 N–H and O–H groups in total. The second-order valence-electron chi connectivity index (χ2n) is 5.23. The summed E-state index contributed by atoms with van der Waals surface area (Å²) in [6, 6.07) is 12.0. The van der Waals surface area contributed by atoms with Crippen molar-refractivity contribution in [2.24, 2.45) is 7.05 Å². The largest absolute Gasteiger partial charge is 0.347 e. The topological polar surface area (TPSA) is 46.9 Å². The lowest BCUT2D eigenvalue weighted by molar-refractivity contribution is 0.0942. The van der Waals surface area contributed by atoms with Crippen LogP contribution in [0.1, 0.15) is 16.1 Å². The molecule has 2 heterocycles. The molecule has 0 radical (unpaired) electrons. The van der Waals surface area contributed by atoms with Crippen molar-refractivity contribution in [1.29, 1.82) is 0 Å². The summed E-state index contributed by atoms with van der Waals surface area (Å²) in [7, 11) is 1.81. The molecule has 1 amide bonds. The minimum absolute atomic E-state index is 0.154. The van der Waals surface area contributed by atoms with Gasteiger partial charge < -0.3 is 9.88 Å². The van der Waals surface area contributed by atoms with Gasteiger partial charge in [-0.25, -0.2) is 4.39 Å². The zero-order valence-electron chi connectivity index (χ0n) is 12.7. The Morgan fingerprint density at radius 3 is 2.65 bits per heavy atom. The lowest BCUT2D eigenvalue weighted by Gasteiger charge is -2.06. The molecule has 1 aromatic carbocycles. The summed E-state index contributed by atoms with van der Waals surface area (Å²) in [4.78, 5) is 16.3. The third-order valence-corrected chi connectivity index (χ3v) is 3.65. The number of carbonyl (C=O) groups is 1. The van der Waals surface area contributed by atoms with Crippen LogP contribution < -0.4 is 5.32 Å². The van der Waals surface area contributed by atoms with Crippen molar-refractivity contribution in [3.63, 3.8) is 0 Å². The molecule has 23 heavy (non-hydrogen) atoms. The van der Waals surface area contributed by atoms with Crippen LogP contribution in [0.25, 0.3) is 11.1 Å². The first-order valence-electron chi connectivity index (χ1n) is 7.23. The minimum atomic E-state index is -0.322. The van der Waals surface area contributed by atoms with Crippen LogP contribution in [0.15, 0.2) is 61.1 Å². The molecule has 0 spiro atoms. The third kappa shape index (κ3) is 3.29. The van der Waals surface area contributed by atoms with E-state index in [0.717, 1.165) is 11.1 Å². The molecule has 0 aliphatic carbocycles. The van der Waals surface area contributed by atoms with Gasteiger partial charge in [0.15, 0.2) is 0 Å². The van der Waals surface area contributed by atoms with E-state index < -0.39 is 0 Å². The highest BCUT2D eigenvalue weighted by molar-refractivity contribution is 5.94. The number of nitrogens with one attached hydrogen (secondary N) is 1. The Balaban J connectivity index is 1.75. The molecule has 0 saturated heterocycles. The number of pyridine rings is 1. The van der Waals surface area contributed by atoms with Crippen molar-refractivity contribution in [3.8, 4) is 11.1 Å². The SMILES string of the molecule is Cn1cc(-c2ccncc2)cc1C(=O)NCc1ccccc1F. The molecular weight excluding hydrogens is 293 g/mol. The zero-order chi connectivity index (χ0) is 16.2. The van der Waals surface area contributed by atoms with Gasteiger partial charge >= 0.3 is 0 Å². The van der Waals surface area contributed by atoms with Crippen molar-refractivity contribution in [2.75, 3.05) is 0 Å². The maximum atomic E-state index is 13.6. The molecule has 0 atom stereocenters. The highest BCUT2D eigenvalue weighted by Gasteiger charge is 2.13. The van der Waals surface area contributed by atoms with E-state index in [4.69, 9.17) is 0 Å². The number of hydrogen-bond acceptors (Lipinski definition) is 2. The number of hydrogen-bond donors (Lipinski definition) is 1. The van der Waals surface area contributed by atoms with Gasteiger partial charge in [0, 0.05) is 43.3 Å². The van der Waals surface area contributed by atoms with Crippen LogP contribution in [-0.2, 0) is 13.6 Å². The van der Waals surface area contributed by atoms with Crippen molar-refractivity contribution in [1.82, 2.24) is 14.9 Å². The van der Waals surface area contributed by atoms with E-state index in [0.29, 0.717) is 11.3 Å². The van der Waals surface area contributed by atoms with E-state index in [1.165, 1.54) is 6.07 Å². The van der Waals surface area contributed by atoms with E-state index in [1.807, 2.05) is 31.4 Å². The Morgan fingerprint density at radius 2 is 1.91 bits per heavy atom. The Morgan fingerprint density at radius 1 is 1.17 bits per heavy atom. The van der Waals surface area contributed by atoms with Gasteiger partial charge in [0.25, 0.3) is 5.91 Å². The number of nitrogens with zero attached hydrogens (tertiary/aromatic N) is 2. The second-order valence-corrected chi connectivity index (χ2v) is 5.23. The number of rotatable bonds is 4. The van der Waals surface area contributed by atoms with Crippen LogP contribution in [0.3, 0.4) is 0 Å². The molecule has 116 valence electrons. The highest BCUT2D eigenvalue weighted by atomic mass is 19.1. The average molecular weight is 309 g/mol. The molecule has 0 bridgehead atoms. The summed E-state index contributed by atoms with van der Waals surface area (Å²) < 4.78 is 15.3. The van der Waals surface area contributed by atoms with E-state index in [1.54, 1.807) is 35.2 Å². The van der Waals surface area contributed by atoms with Crippen LogP contribution in [0.4, 0.5) is 4.39 Å². The summed E-state index contributed by atoms with van der Waals surface area (Å²) in [6.45, 7) is 0.154. The van der Waals surface area contributed by atoms with Crippen molar-refractivity contribution in [2.45, 2.75) is 6.54 Å². The zero-order valence-corrected chi connectivity index (χ0v) is 12.7. The summed E-state index contributed by atoms with van der Waals surface area (Å²) in [5, 5.41) is 2.75. The lowest BCUT2D eigenvalue weighted by Crippen LogP contribution is -2.25. The number of carbonyl (C=O) groups excluding carboxylic acids is 1.